The SMILES string of the molecule is CCOC(=O)[C@@H](C)N[P@@](=O)(OC[C@H]1O[C@@H](n2ccc(=O)[nH]c2=O)[C@](C)(Cl)[C@@H]1O)Oc1ccccc1.CCOC(=O)[C@@H](CC(C)C)NP(=O)(OC[C@H]1O[C@@H](n2ccc(=O)[nH]c2=O)[C@](C)(Cl)[C@@H]1O)Oc1ccccc1.CCOC(=O)[C@@H](CC(C)C)N[P@@](=O)(OC[C@H]1O[C@@H](n2ccc(=O)[nH]c2=O)[C@](C)(Cl)[C@@H]1O)Oc1ccccc1.CCOC(=O)[C@@H](CC(C)C)N[P@](=O)(OC[C@H]1O[C@@H](n2ccc(=O)[nH]c2=O)[C@](C)(Cl)[C@@H]1O)Oc1ccccc1. The second-order valence-electron chi connectivity index (χ2n) is 36.1. The van der Waals surface area contributed by atoms with Gasteiger partial charge in [-0.1, -0.05) is 114 Å². The van der Waals surface area contributed by atoms with E-state index in [9.17, 15) is 96.2 Å². The number of aliphatic hydroxyl groups is 4. The van der Waals surface area contributed by atoms with Crippen molar-refractivity contribution in [3.05, 3.63) is 254 Å². The van der Waals surface area contributed by atoms with Gasteiger partial charge in [0, 0.05) is 49.1 Å². The second-order valence-corrected chi connectivity index (χ2v) is 46.2. The summed E-state index contributed by atoms with van der Waals surface area (Å²) in [6, 6.07) is 33.2. The molecule has 0 spiro atoms. The van der Waals surface area contributed by atoms with E-state index in [2.05, 4.69) is 40.3 Å². The van der Waals surface area contributed by atoms with E-state index in [1.807, 2.05) is 41.5 Å². The number of para-hydroxylation sites is 4. The summed E-state index contributed by atoms with van der Waals surface area (Å²) < 4.78 is 148. The predicted molar refractivity (Wildman–Crippen MR) is 543 cm³/mol. The van der Waals surface area contributed by atoms with E-state index in [4.69, 9.17) is 120 Å². The van der Waals surface area contributed by atoms with Crippen molar-refractivity contribution in [2.45, 2.75) is 241 Å². The summed E-state index contributed by atoms with van der Waals surface area (Å²) in [6.07, 6.45) is -9.23. The Balaban J connectivity index is 0.000000221. The van der Waals surface area contributed by atoms with Crippen LogP contribution >= 0.6 is 77.4 Å². The zero-order valence-electron chi connectivity index (χ0n) is 83.9. The van der Waals surface area contributed by atoms with Gasteiger partial charge in [0.1, 0.15) is 115 Å². The molecule has 48 nitrogen and oxygen atoms in total. The van der Waals surface area contributed by atoms with Crippen molar-refractivity contribution in [1.29, 1.82) is 0 Å². The number of benzene rings is 4. The van der Waals surface area contributed by atoms with Crippen molar-refractivity contribution >= 4 is 101 Å². The lowest BCUT2D eigenvalue weighted by Crippen LogP contribution is -2.43. The van der Waals surface area contributed by atoms with Crippen LogP contribution in [0.3, 0.4) is 0 Å². The number of hydrogen-bond acceptors (Lipinski definition) is 36. The smallest absolute Gasteiger partial charge is 0.459 e. The minimum absolute atomic E-state index is 0.0374. The van der Waals surface area contributed by atoms with E-state index in [1.54, 1.807) is 149 Å². The van der Waals surface area contributed by atoms with Gasteiger partial charge in [-0.2, -0.15) is 20.3 Å². The highest BCUT2D eigenvalue weighted by Crippen LogP contribution is 2.54. The number of esters is 4. The monoisotopic (exact) mass is 2250 g/mol. The summed E-state index contributed by atoms with van der Waals surface area (Å²) in [4.78, 5) is 147. The van der Waals surface area contributed by atoms with Crippen LogP contribution in [-0.4, -0.2) is 228 Å². The van der Waals surface area contributed by atoms with Crippen LogP contribution in [0.1, 0.15) is 148 Å². The van der Waals surface area contributed by atoms with Crippen molar-refractivity contribution in [1.82, 2.24) is 58.6 Å². The second kappa shape index (κ2) is 54.6. The van der Waals surface area contributed by atoms with Crippen LogP contribution < -0.4 is 83.4 Å². The van der Waals surface area contributed by atoms with E-state index in [1.165, 1.54) is 59.4 Å². The molecular weight excluding hydrogens is 2130 g/mol. The standard InChI is InChI=1S/3C24H33ClN3O9P.C21H27ClN3O9P/c3*1-5-34-21(31)17(13-15(2)3)27-38(33,37-16-9-7-6-8-10-16)35-14-18-20(30)24(4,25)22(36-18)28-12-11-19(29)26-23(28)32;1-4-31-18(28)13(2)24-35(30,34-14-8-6-5-7-9-14)32-12-15-17(27)21(3,22)19(33-15)25-11-10-16(26)23-20(25)29/h3*6-12,15,17-18,20,22,30H,5,13-14H2,1-4H3,(H,27,33)(H,26,29,32);5-11,13,15,17,19,27H,4,12H2,1-3H3,(H,24,30)(H,23,26,29)/t17-,18-,20-,22-,24-,38?;17-,18-,20-,22-,24-,38+;17-,18-,20-,22-,24-,38-;13-,15-,17-,19-,21-,35-/m1111/s1. The number of carbonyl (C=O) groups is 4. The zero-order chi connectivity index (χ0) is 110. The van der Waals surface area contributed by atoms with E-state index in [0.29, 0.717) is 0 Å². The molecule has 0 amide bonds. The lowest BCUT2D eigenvalue weighted by Gasteiger charge is -2.27. The number of alkyl halides is 4. The first kappa shape index (κ1) is 123. The molecule has 149 heavy (non-hydrogen) atoms. The Kier molecular flexibility index (Phi) is 44.9. The Hall–Kier alpha value is -9.88. The maximum Gasteiger partial charge on any atom is 0.459 e. The molecule has 12 rings (SSSR count). The zero-order valence-corrected chi connectivity index (χ0v) is 90.5. The summed E-state index contributed by atoms with van der Waals surface area (Å²) >= 11 is 26.2. The molecule has 4 aliphatic rings. The molecule has 822 valence electrons. The molecule has 12 N–H and O–H groups in total. The number of aromatic amines is 4. The largest absolute Gasteiger partial charge is 0.465 e. The van der Waals surface area contributed by atoms with Gasteiger partial charge in [-0.05, 0) is 148 Å². The summed E-state index contributed by atoms with van der Waals surface area (Å²) in [5.74, 6) is -1.59. The number of aromatic nitrogens is 8. The Morgan fingerprint density at radius 2 is 0.530 bits per heavy atom. The highest BCUT2D eigenvalue weighted by Gasteiger charge is 2.59. The molecule has 4 aromatic heterocycles. The van der Waals surface area contributed by atoms with Crippen LogP contribution in [0.2, 0.25) is 0 Å². The summed E-state index contributed by atoms with van der Waals surface area (Å²) in [5.41, 5.74) is -5.57. The number of ether oxygens (including phenoxy) is 8. The summed E-state index contributed by atoms with van der Waals surface area (Å²) in [5, 5.41) is 54.0. The molecule has 4 fully saturated rings. The molecule has 1 unspecified atom stereocenters. The summed E-state index contributed by atoms with van der Waals surface area (Å²) in [6.45, 7) is 23.8. The fraction of sp³-hybridized carbons (Fsp3) is 0.527. The minimum Gasteiger partial charge on any atom is -0.465 e. The fourth-order valence-electron chi connectivity index (χ4n) is 15.3. The van der Waals surface area contributed by atoms with Crippen LogP contribution in [0.25, 0.3) is 0 Å². The average Bonchev–Trinajstić information content (AvgIpc) is 1.63. The van der Waals surface area contributed by atoms with Crippen molar-refractivity contribution in [2.24, 2.45) is 17.8 Å². The molecule has 0 aliphatic carbocycles. The highest BCUT2D eigenvalue weighted by atomic mass is 35.5. The van der Waals surface area contributed by atoms with Gasteiger partial charge in [-0.25, -0.2) is 37.4 Å². The Morgan fingerprint density at radius 1 is 0.336 bits per heavy atom. The van der Waals surface area contributed by atoms with Crippen LogP contribution in [0, 0.1) is 17.8 Å². The van der Waals surface area contributed by atoms with Crippen molar-refractivity contribution in [3.8, 4) is 23.0 Å². The number of H-pyrrole nitrogens is 4. The number of halogens is 4. The van der Waals surface area contributed by atoms with Crippen LogP contribution in [0.5, 0.6) is 23.0 Å². The molecule has 0 radical (unpaired) electrons. The van der Waals surface area contributed by atoms with E-state index >= 15 is 0 Å². The van der Waals surface area contributed by atoms with Gasteiger partial charge in [0.05, 0.1) is 52.9 Å². The molecular formula is C93H126Cl4N12O36P4. The maximum absolute atomic E-state index is 13.9. The van der Waals surface area contributed by atoms with Gasteiger partial charge < -0.3 is 76.4 Å². The molecule has 24 atom stereocenters. The third-order valence-electron chi connectivity index (χ3n) is 22.6. The first-order chi connectivity index (χ1) is 70.0. The number of nitrogens with one attached hydrogen (secondary N) is 8. The molecule has 4 aliphatic heterocycles. The van der Waals surface area contributed by atoms with Crippen molar-refractivity contribution < 1.29 is 132 Å². The average molecular weight is 2250 g/mol. The lowest BCUT2D eigenvalue weighted by atomic mass is 10.0. The molecule has 8 heterocycles. The Morgan fingerprint density at radius 3 is 0.718 bits per heavy atom. The topological polar surface area (TPSA) is 633 Å². The van der Waals surface area contributed by atoms with E-state index in [0.717, 1.165) is 42.5 Å². The fourth-order valence-corrected chi connectivity index (χ4v) is 22.5. The van der Waals surface area contributed by atoms with Gasteiger partial charge in [-0.15, -0.1) is 46.4 Å². The minimum atomic E-state index is -4.26. The molecule has 4 aromatic carbocycles. The first-order valence-corrected chi connectivity index (χ1v) is 54.8. The molecule has 0 saturated carbocycles. The number of carbonyl (C=O) groups excluding carboxylic acids is 4. The summed E-state index contributed by atoms with van der Waals surface area (Å²) in [7, 11) is -17.0. The quantitative estimate of drug-likeness (QED) is 0.00731. The van der Waals surface area contributed by atoms with Crippen molar-refractivity contribution in [3.63, 3.8) is 0 Å². The van der Waals surface area contributed by atoms with E-state index in [-0.39, 0.29) is 86.4 Å². The molecule has 56 heteroatoms. The lowest BCUT2D eigenvalue weighted by molar-refractivity contribution is -0.146. The number of aliphatic hydroxyl groups excluding tert-OH is 4. The molecule has 0 bridgehead atoms. The van der Waals surface area contributed by atoms with Crippen LogP contribution in [0.15, 0.2) is 209 Å². The van der Waals surface area contributed by atoms with Gasteiger partial charge in [-0.3, -0.25) is 94.7 Å². The maximum atomic E-state index is 13.9. The van der Waals surface area contributed by atoms with Gasteiger partial charge in [0.15, 0.2) is 24.9 Å². The van der Waals surface area contributed by atoms with Gasteiger partial charge in [0.25, 0.3) is 22.2 Å². The third-order valence-corrected chi connectivity index (χ3v) is 30.6. The molecule has 8 aromatic rings. The molecule has 4 saturated heterocycles. The van der Waals surface area contributed by atoms with Crippen molar-refractivity contribution in [2.75, 3.05) is 52.9 Å². The Bertz CT molecular complexity index is 6010. The number of hydrogen-bond donors (Lipinski definition) is 12. The van der Waals surface area contributed by atoms with Crippen LogP contribution in [-0.2, 0) is 93.4 Å². The van der Waals surface area contributed by atoms with E-state index < -0.39 is 244 Å². The normalized spacial score (nSPS) is 25.8. The van der Waals surface area contributed by atoms with Gasteiger partial charge in [0.2, 0.25) is 0 Å². The van der Waals surface area contributed by atoms with Crippen LogP contribution in [0.4, 0.5) is 0 Å². The number of rotatable bonds is 46. The third kappa shape index (κ3) is 34.1. The Labute approximate surface area is 874 Å². The first-order valence-electron chi connectivity index (χ1n) is 47.1. The predicted octanol–water partition coefficient (Wildman–Crippen LogP) is 9.23. The number of nitrogens with zero attached hydrogens (tertiary/aromatic N) is 4. The van der Waals surface area contributed by atoms with Gasteiger partial charge >= 0.3 is 77.6 Å². The highest BCUT2D eigenvalue weighted by molar-refractivity contribution is 7.53.